The molecule has 0 bridgehead atoms. The van der Waals surface area contributed by atoms with Gasteiger partial charge in [-0.05, 0) is 130 Å². The number of piperidine rings is 2. The molecule has 6 heterocycles. The van der Waals surface area contributed by atoms with E-state index < -0.39 is 5.60 Å². The van der Waals surface area contributed by atoms with Gasteiger partial charge in [0.1, 0.15) is 17.2 Å². The predicted molar refractivity (Wildman–Crippen MR) is 247 cm³/mol. The average molecular weight is 867 g/mol. The maximum absolute atomic E-state index is 12.0. The fraction of sp³-hybridized carbons (Fsp3) is 0.562. The number of rotatable bonds is 13. The Labute approximate surface area is 369 Å². The van der Waals surface area contributed by atoms with Crippen LogP contribution in [0.4, 0.5) is 11.6 Å². The molecule has 2 spiro atoms. The summed E-state index contributed by atoms with van der Waals surface area (Å²) in [6, 6.07) is 24.6. The molecule has 0 amide bonds. The van der Waals surface area contributed by atoms with Crippen LogP contribution in [0.3, 0.4) is 0 Å². The first kappa shape index (κ1) is 42.6. The van der Waals surface area contributed by atoms with Gasteiger partial charge in [-0.3, -0.25) is 4.79 Å². The van der Waals surface area contributed by atoms with Gasteiger partial charge in [-0.25, -0.2) is 0 Å². The van der Waals surface area contributed by atoms with Crippen LogP contribution in [0.15, 0.2) is 66.7 Å². The van der Waals surface area contributed by atoms with Crippen LogP contribution in [0.2, 0.25) is 0 Å². The lowest BCUT2D eigenvalue weighted by molar-refractivity contribution is -0.156. The third-order valence-corrected chi connectivity index (χ3v) is 14.7. The molecule has 0 aliphatic carbocycles. The number of nitrogens with zero attached hydrogens (tertiary/aromatic N) is 5. The average Bonchev–Trinajstić information content (AvgIpc) is 3.89. The molecule has 2 atom stereocenters. The van der Waals surface area contributed by atoms with Gasteiger partial charge >= 0.3 is 5.97 Å². The van der Waals surface area contributed by atoms with Crippen molar-refractivity contribution in [1.29, 1.82) is 0 Å². The van der Waals surface area contributed by atoms with Crippen LogP contribution in [0.1, 0.15) is 69.6 Å². The fourth-order valence-electron chi connectivity index (χ4n) is 9.91. The minimum absolute atomic E-state index is 0.134. The summed E-state index contributed by atoms with van der Waals surface area (Å²) in [6.45, 7) is 15.7. The SMILES string of the molecule is CC(C)(C)OC(=O)CCOCCc1cccc(CCN2CCC3(CC2)CN(c2nsc4c(CC5CC6(CCN5)CN(c5nsc7ccccc57)CCO6)cccc24)CCO3)c1. The van der Waals surface area contributed by atoms with Crippen LogP contribution in [-0.2, 0) is 43.0 Å². The third-order valence-electron chi connectivity index (χ3n) is 13.0. The Bertz CT molecular complexity index is 2260. The molecule has 61 heavy (non-hydrogen) atoms. The Morgan fingerprint density at radius 3 is 2.34 bits per heavy atom. The Balaban J connectivity index is 0.761. The molecule has 11 nitrogen and oxygen atoms in total. The minimum atomic E-state index is -0.463. The molecule has 9 rings (SSSR count). The lowest BCUT2D eigenvalue weighted by Crippen LogP contribution is -2.59. The summed E-state index contributed by atoms with van der Waals surface area (Å²) in [5.74, 6) is 2.02. The standard InChI is InChI=1S/C48H62N6O5S2/c1-46(2,3)59-42(55)16-27-56-26-15-36-9-6-8-35(30-36)14-21-52-22-18-47(19-23-52)33-53(24-28-57-47)45-40-12-7-10-37(43(40)61-51-45)31-38-32-48(17-20-49-38)34-54(25-29-58-48)44-39-11-4-5-13-41(39)60-50-44/h4-13,30,38,49H,14-29,31-34H2,1-3H3. The molecule has 4 saturated heterocycles. The maximum atomic E-state index is 12.0. The Kier molecular flexibility index (Phi) is 13.0. The van der Waals surface area contributed by atoms with E-state index in [4.69, 9.17) is 27.7 Å². The molecule has 2 aromatic heterocycles. The van der Waals surface area contributed by atoms with Crippen LogP contribution < -0.4 is 15.1 Å². The third kappa shape index (κ3) is 10.2. The van der Waals surface area contributed by atoms with Crippen molar-refractivity contribution in [2.75, 3.05) is 88.6 Å². The molecule has 0 saturated carbocycles. The zero-order valence-electron chi connectivity index (χ0n) is 36.2. The number of aromatic nitrogens is 2. The van der Waals surface area contributed by atoms with E-state index in [2.05, 4.69) is 86.7 Å². The van der Waals surface area contributed by atoms with E-state index in [0.29, 0.717) is 19.3 Å². The smallest absolute Gasteiger partial charge is 0.308 e. The van der Waals surface area contributed by atoms with E-state index in [0.717, 1.165) is 122 Å². The second-order valence-corrected chi connectivity index (χ2v) is 20.2. The normalized spacial score (nSPS) is 22.4. The second-order valence-electron chi connectivity index (χ2n) is 18.6. The predicted octanol–water partition coefficient (Wildman–Crippen LogP) is 7.68. The summed E-state index contributed by atoms with van der Waals surface area (Å²) in [5, 5.41) is 6.38. The molecule has 326 valence electrons. The maximum Gasteiger partial charge on any atom is 0.308 e. The molecule has 1 N–H and O–H groups in total. The molecule has 0 radical (unpaired) electrons. The number of fused-ring (bicyclic) bond motifs is 2. The largest absolute Gasteiger partial charge is 0.460 e. The lowest BCUT2D eigenvalue weighted by atomic mass is 9.83. The van der Waals surface area contributed by atoms with Crippen molar-refractivity contribution in [3.63, 3.8) is 0 Å². The van der Waals surface area contributed by atoms with Gasteiger partial charge in [0, 0.05) is 62.6 Å². The Hall–Kier alpha value is -3.69. The number of hydrogen-bond acceptors (Lipinski definition) is 13. The highest BCUT2D eigenvalue weighted by atomic mass is 32.1. The summed E-state index contributed by atoms with van der Waals surface area (Å²) in [7, 11) is 0. The highest BCUT2D eigenvalue weighted by Gasteiger charge is 2.43. The Morgan fingerprint density at radius 2 is 1.52 bits per heavy atom. The van der Waals surface area contributed by atoms with Crippen LogP contribution in [0.5, 0.6) is 0 Å². The quantitative estimate of drug-likeness (QED) is 0.0932. The van der Waals surface area contributed by atoms with Crippen molar-refractivity contribution in [2.24, 2.45) is 0 Å². The van der Waals surface area contributed by atoms with E-state index in [-0.39, 0.29) is 23.6 Å². The molecule has 5 aromatic rings. The van der Waals surface area contributed by atoms with Crippen LogP contribution in [-0.4, -0.2) is 121 Å². The van der Waals surface area contributed by atoms with Gasteiger partial charge in [0.2, 0.25) is 0 Å². The Morgan fingerprint density at radius 1 is 0.820 bits per heavy atom. The van der Waals surface area contributed by atoms with Crippen molar-refractivity contribution in [2.45, 2.75) is 95.0 Å². The van der Waals surface area contributed by atoms with E-state index in [1.54, 1.807) is 23.1 Å². The van der Waals surface area contributed by atoms with E-state index >= 15 is 0 Å². The van der Waals surface area contributed by atoms with Gasteiger partial charge < -0.3 is 39.0 Å². The van der Waals surface area contributed by atoms with Crippen molar-refractivity contribution in [3.05, 3.63) is 83.4 Å². The molecule has 4 aliphatic heterocycles. The first-order chi connectivity index (χ1) is 29.6. The molecule has 4 fully saturated rings. The van der Waals surface area contributed by atoms with Gasteiger partial charge in [-0.15, -0.1) is 0 Å². The highest BCUT2D eigenvalue weighted by Crippen LogP contribution is 2.40. The second kappa shape index (κ2) is 18.6. The van der Waals surface area contributed by atoms with Crippen molar-refractivity contribution < 1.29 is 23.7 Å². The van der Waals surface area contributed by atoms with Gasteiger partial charge in [0.15, 0.2) is 0 Å². The van der Waals surface area contributed by atoms with Crippen molar-refractivity contribution in [3.8, 4) is 0 Å². The number of ether oxygens (including phenoxy) is 4. The fourth-order valence-corrected chi connectivity index (χ4v) is 11.6. The number of anilines is 2. The first-order valence-electron chi connectivity index (χ1n) is 22.4. The summed E-state index contributed by atoms with van der Waals surface area (Å²) in [4.78, 5) is 19.5. The number of carbonyl (C=O) groups excluding carboxylic acids is 1. The zero-order valence-corrected chi connectivity index (χ0v) is 37.8. The number of carbonyl (C=O) groups is 1. The van der Waals surface area contributed by atoms with Crippen molar-refractivity contribution >= 4 is 60.8 Å². The van der Waals surface area contributed by atoms with Crippen LogP contribution in [0.25, 0.3) is 20.2 Å². The number of benzene rings is 3. The number of esters is 1. The van der Waals surface area contributed by atoms with E-state index in [1.165, 1.54) is 36.9 Å². The molecule has 2 unspecified atom stereocenters. The summed E-state index contributed by atoms with van der Waals surface area (Å²) >= 11 is 3.26. The van der Waals surface area contributed by atoms with E-state index in [9.17, 15) is 4.79 Å². The van der Waals surface area contributed by atoms with Gasteiger partial charge in [0.25, 0.3) is 0 Å². The molecule has 4 aliphatic rings. The number of likely N-dealkylation sites (tertiary alicyclic amines) is 1. The van der Waals surface area contributed by atoms with Gasteiger partial charge in [0.05, 0.1) is 53.5 Å². The number of nitrogens with one attached hydrogen (secondary N) is 1. The van der Waals surface area contributed by atoms with Crippen LogP contribution in [0, 0.1) is 0 Å². The van der Waals surface area contributed by atoms with Crippen molar-refractivity contribution in [1.82, 2.24) is 19.0 Å². The number of hydrogen-bond donors (Lipinski definition) is 1. The molecular formula is C48H62N6O5S2. The number of morpholine rings is 2. The molecule has 13 heteroatoms. The summed E-state index contributed by atoms with van der Waals surface area (Å²) in [5.41, 5.74) is 3.23. The minimum Gasteiger partial charge on any atom is -0.460 e. The molecular weight excluding hydrogens is 805 g/mol. The topological polar surface area (TPSA) is 102 Å². The van der Waals surface area contributed by atoms with Crippen LogP contribution >= 0.6 is 23.1 Å². The first-order valence-corrected chi connectivity index (χ1v) is 24.0. The highest BCUT2D eigenvalue weighted by molar-refractivity contribution is 7.14. The van der Waals surface area contributed by atoms with E-state index in [1.807, 2.05) is 20.8 Å². The summed E-state index contributed by atoms with van der Waals surface area (Å²) in [6.07, 6.45) is 7.16. The zero-order chi connectivity index (χ0) is 41.9. The van der Waals surface area contributed by atoms with Gasteiger partial charge in [-0.1, -0.05) is 48.5 Å². The summed E-state index contributed by atoms with van der Waals surface area (Å²) < 4.78 is 37.0. The van der Waals surface area contributed by atoms with Gasteiger partial charge in [-0.2, -0.15) is 8.75 Å². The monoisotopic (exact) mass is 866 g/mol. The lowest BCUT2D eigenvalue weighted by Gasteiger charge is -2.47. The molecule has 3 aromatic carbocycles.